The first kappa shape index (κ1) is 8.36. The van der Waals surface area contributed by atoms with Crippen molar-refractivity contribution < 1.29 is 5.11 Å². The number of thiophene rings is 1. The second-order valence-corrected chi connectivity index (χ2v) is 3.88. The minimum atomic E-state index is 0.0177. The van der Waals surface area contributed by atoms with Gasteiger partial charge in [-0.25, -0.2) is 0 Å². The highest BCUT2D eigenvalue weighted by molar-refractivity contribution is 7.17. The fraction of sp³-hybridized carbons (Fsp3) is 0. The van der Waals surface area contributed by atoms with Crippen molar-refractivity contribution in [1.29, 1.82) is 5.26 Å². The van der Waals surface area contributed by atoms with Gasteiger partial charge >= 0.3 is 0 Å². The van der Waals surface area contributed by atoms with E-state index in [1.807, 2.05) is 0 Å². The van der Waals surface area contributed by atoms with E-state index in [0.717, 1.165) is 10.1 Å². The van der Waals surface area contributed by atoms with Crippen molar-refractivity contribution in [3.63, 3.8) is 0 Å². The third kappa shape index (κ3) is 1.24. The lowest BCUT2D eigenvalue weighted by atomic mass is 10.2. The lowest BCUT2D eigenvalue weighted by molar-refractivity contribution is 0.476. The Balaban J connectivity index is 2.86. The molecule has 13 heavy (non-hydrogen) atoms. The van der Waals surface area contributed by atoms with Gasteiger partial charge in [-0.1, -0.05) is 11.6 Å². The number of hydrogen-bond donors (Lipinski definition) is 1. The van der Waals surface area contributed by atoms with Crippen molar-refractivity contribution in [3.8, 4) is 11.8 Å². The third-order valence-electron chi connectivity index (χ3n) is 1.76. The van der Waals surface area contributed by atoms with Crippen LogP contribution in [0.1, 0.15) is 5.56 Å². The van der Waals surface area contributed by atoms with E-state index >= 15 is 0 Å². The molecule has 1 aromatic heterocycles. The van der Waals surface area contributed by atoms with E-state index in [0.29, 0.717) is 10.6 Å². The number of rotatable bonds is 0. The van der Waals surface area contributed by atoms with Crippen LogP contribution in [-0.4, -0.2) is 5.11 Å². The summed E-state index contributed by atoms with van der Waals surface area (Å²) in [6, 6.07) is 5.24. The Labute approximate surface area is 83.6 Å². The molecule has 0 atom stereocenters. The van der Waals surface area contributed by atoms with Crippen LogP contribution in [0.4, 0.5) is 0 Å². The zero-order valence-corrected chi connectivity index (χ0v) is 7.99. The molecule has 0 amide bonds. The third-order valence-corrected chi connectivity index (χ3v) is 3.01. The Morgan fingerprint density at radius 3 is 2.92 bits per heavy atom. The molecule has 0 radical (unpaired) electrons. The molecule has 0 bridgehead atoms. The fourth-order valence-corrected chi connectivity index (χ4v) is 2.26. The zero-order valence-electron chi connectivity index (χ0n) is 6.41. The second kappa shape index (κ2) is 2.91. The summed E-state index contributed by atoms with van der Waals surface area (Å²) in [6.45, 7) is 0. The van der Waals surface area contributed by atoms with E-state index in [2.05, 4.69) is 6.07 Å². The minimum Gasteiger partial charge on any atom is -0.506 e. The smallest absolute Gasteiger partial charge is 0.134 e. The molecular formula is C9H4ClNOS. The lowest BCUT2D eigenvalue weighted by Crippen LogP contribution is -1.71. The molecule has 1 aromatic carbocycles. The quantitative estimate of drug-likeness (QED) is 0.725. The van der Waals surface area contributed by atoms with E-state index < -0.39 is 0 Å². The number of phenols is 1. The Morgan fingerprint density at radius 2 is 2.23 bits per heavy atom. The number of nitriles is 1. The molecule has 0 spiro atoms. The molecule has 64 valence electrons. The van der Waals surface area contributed by atoms with Crippen molar-refractivity contribution in [3.05, 3.63) is 28.1 Å². The van der Waals surface area contributed by atoms with Crippen LogP contribution >= 0.6 is 22.9 Å². The van der Waals surface area contributed by atoms with Gasteiger partial charge in [0.25, 0.3) is 0 Å². The number of phenolic OH excluding ortho intramolecular Hbond substituents is 1. The Hall–Kier alpha value is -1.24. The van der Waals surface area contributed by atoms with Crippen molar-refractivity contribution in [2.24, 2.45) is 0 Å². The van der Waals surface area contributed by atoms with Gasteiger partial charge in [0.1, 0.15) is 11.8 Å². The predicted octanol–water partition coefficient (Wildman–Crippen LogP) is 3.13. The molecule has 0 unspecified atom stereocenters. The highest BCUT2D eigenvalue weighted by Gasteiger charge is 2.06. The first-order chi connectivity index (χ1) is 6.22. The average Bonchev–Trinajstić information content (AvgIpc) is 2.48. The molecule has 1 heterocycles. The van der Waals surface area contributed by atoms with Crippen LogP contribution in [0.25, 0.3) is 10.1 Å². The van der Waals surface area contributed by atoms with Crippen LogP contribution in [0.3, 0.4) is 0 Å². The molecule has 0 fully saturated rings. The molecule has 0 aliphatic rings. The van der Waals surface area contributed by atoms with Crippen LogP contribution in [0.2, 0.25) is 5.02 Å². The van der Waals surface area contributed by atoms with Gasteiger partial charge in [-0.2, -0.15) is 5.26 Å². The first-order valence-corrected chi connectivity index (χ1v) is 4.78. The van der Waals surface area contributed by atoms with Crippen LogP contribution in [0.15, 0.2) is 17.5 Å². The Kier molecular flexibility index (Phi) is 1.87. The summed E-state index contributed by atoms with van der Waals surface area (Å²) in [6.07, 6.45) is 0. The van der Waals surface area contributed by atoms with Gasteiger partial charge in [-0.05, 0) is 12.1 Å². The SMILES string of the molecule is N#Cc1csc2cc(Cl)c(O)cc12. The topological polar surface area (TPSA) is 44.0 Å². The number of hydrogen-bond acceptors (Lipinski definition) is 3. The highest BCUT2D eigenvalue weighted by atomic mass is 35.5. The number of fused-ring (bicyclic) bond motifs is 1. The molecule has 2 nitrogen and oxygen atoms in total. The highest BCUT2D eigenvalue weighted by Crippen LogP contribution is 2.33. The Bertz CT molecular complexity index is 512. The maximum atomic E-state index is 9.32. The number of halogens is 1. The predicted molar refractivity (Wildman–Crippen MR) is 53.2 cm³/mol. The molecule has 0 saturated heterocycles. The molecule has 2 rings (SSSR count). The summed E-state index contributed by atoms with van der Waals surface area (Å²) in [5, 5.41) is 20.9. The van der Waals surface area contributed by atoms with Gasteiger partial charge in [0, 0.05) is 15.5 Å². The van der Waals surface area contributed by atoms with Gasteiger partial charge in [0.15, 0.2) is 0 Å². The van der Waals surface area contributed by atoms with E-state index in [-0.39, 0.29) is 5.75 Å². The standard InChI is InChI=1S/C9H4ClNOS/c10-7-2-9-6(1-8(7)12)5(3-11)4-13-9/h1-2,4,12H. The van der Waals surface area contributed by atoms with Crippen molar-refractivity contribution in [1.82, 2.24) is 0 Å². The normalized spacial score (nSPS) is 10.2. The van der Waals surface area contributed by atoms with E-state index in [1.165, 1.54) is 17.4 Å². The van der Waals surface area contributed by atoms with Crippen molar-refractivity contribution in [2.75, 3.05) is 0 Å². The molecule has 1 N–H and O–H groups in total. The van der Waals surface area contributed by atoms with Crippen LogP contribution < -0.4 is 0 Å². The van der Waals surface area contributed by atoms with Gasteiger partial charge in [-0.3, -0.25) is 0 Å². The monoisotopic (exact) mass is 209 g/mol. The van der Waals surface area contributed by atoms with Gasteiger partial charge in [-0.15, -0.1) is 11.3 Å². The summed E-state index contributed by atoms with van der Waals surface area (Å²) in [7, 11) is 0. The average molecular weight is 210 g/mol. The van der Waals surface area contributed by atoms with Crippen molar-refractivity contribution in [2.45, 2.75) is 0 Å². The Morgan fingerprint density at radius 1 is 1.46 bits per heavy atom. The molecule has 2 aromatic rings. The lowest BCUT2D eigenvalue weighted by Gasteiger charge is -1.95. The largest absolute Gasteiger partial charge is 0.506 e. The summed E-state index contributed by atoms with van der Waals surface area (Å²) in [4.78, 5) is 0. The minimum absolute atomic E-state index is 0.0177. The number of benzene rings is 1. The van der Waals surface area contributed by atoms with Gasteiger partial charge < -0.3 is 5.11 Å². The molecule has 0 saturated carbocycles. The summed E-state index contributed by atoms with van der Waals surface area (Å²) in [5.41, 5.74) is 0.576. The fourth-order valence-electron chi connectivity index (χ4n) is 1.12. The zero-order chi connectivity index (χ0) is 9.42. The van der Waals surface area contributed by atoms with E-state index in [4.69, 9.17) is 16.9 Å². The first-order valence-electron chi connectivity index (χ1n) is 3.52. The maximum absolute atomic E-state index is 9.32. The van der Waals surface area contributed by atoms with Crippen molar-refractivity contribution >= 4 is 33.0 Å². The van der Waals surface area contributed by atoms with E-state index in [9.17, 15) is 5.11 Å². The number of nitrogens with zero attached hydrogens (tertiary/aromatic N) is 1. The van der Waals surface area contributed by atoms with Gasteiger partial charge in [0.2, 0.25) is 0 Å². The number of aromatic hydroxyl groups is 1. The second-order valence-electron chi connectivity index (χ2n) is 2.56. The summed E-state index contributed by atoms with van der Waals surface area (Å²) in [5.74, 6) is 0.0177. The van der Waals surface area contributed by atoms with Crippen LogP contribution in [-0.2, 0) is 0 Å². The molecular weight excluding hydrogens is 206 g/mol. The summed E-state index contributed by atoms with van der Waals surface area (Å²) >= 11 is 7.16. The van der Waals surface area contributed by atoms with Gasteiger partial charge in [0.05, 0.1) is 10.6 Å². The molecule has 0 aliphatic carbocycles. The molecule has 0 aliphatic heterocycles. The van der Waals surface area contributed by atoms with Crippen LogP contribution in [0, 0.1) is 11.3 Å². The molecule has 4 heteroatoms. The van der Waals surface area contributed by atoms with E-state index in [1.54, 1.807) is 11.4 Å². The maximum Gasteiger partial charge on any atom is 0.134 e. The summed E-state index contributed by atoms with van der Waals surface area (Å²) < 4.78 is 0.916. The van der Waals surface area contributed by atoms with Crippen LogP contribution in [0.5, 0.6) is 5.75 Å².